The van der Waals surface area contributed by atoms with E-state index in [9.17, 15) is 4.79 Å². The van der Waals surface area contributed by atoms with Crippen molar-refractivity contribution in [3.63, 3.8) is 0 Å². The second-order valence-corrected chi connectivity index (χ2v) is 7.99. The Bertz CT molecular complexity index is 893. The Kier molecular flexibility index (Phi) is 5.85. The minimum absolute atomic E-state index is 0.0309. The molecule has 1 aliphatic heterocycles. The highest BCUT2D eigenvalue weighted by Crippen LogP contribution is 2.26. The van der Waals surface area contributed by atoms with Gasteiger partial charge in [0.15, 0.2) is 0 Å². The number of benzene rings is 1. The number of nitrogens with one attached hydrogen (secondary N) is 2. The monoisotopic (exact) mass is 395 g/mol. The third-order valence-corrected chi connectivity index (χ3v) is 6.06. The van der Waals surface area contributed by atoms with Crippen LogP contribution in [-0.4, -0.2) is 46.5 Å². The molecule has 7 heteroatoms. The molecule has 0 saturated carbocycles. The number of nitrogens with zero attached hydrogens (tertiary/aromatic N) is 3. The number of aromatic nitrogens is 2. The van der Waals surface area contributed by atoms with Crippen molar-refractivity contribution in [1.82, 2.24) is 25.1 Å². The summed E-state index contributed by atoms with van der Waals surface area (Å²) in [6, 6.07) is 14.2. The third-order valence-electron chi connectivity index (χ3n) is 5.12. The van der Waals surface area contributed by atoms with Crippen LogP contribution in [0.4, 0.5) is 0 Å². The smallest absolute Gasteiger partial charge is 0.234 e. The van der Waals surface area contributed by atoms with Gasteiger partial charge in [0.1, 0.15) is 5.82 Å². The zero-order valence-electron chi connectivity index (χ0n) is 15.9. The average Bonchev–Trinajstić information content (AvgIpc) is 3.39. The molecule has 1 saturated heterocycles. The number of piperazine rings is 1. The van der Waals surface area contributed by atoms with Gasteiger partial charge in [0.25, 0.3) is 0 Å². The number of carbonyl (C=O) groups is 1. The van der Waals surface area contributed by atoms with Gasteiger partial charge in [-0.25, -0.2) is 4.98 Å². The van der Waals surface area contributed by atoms with E-state index in [1.54, 1.807) is 11.3 Å². The Balaban J connectivity index is 1.49. The Hall–Kier alpha value is -2.48. The minimum Gasteiger partial charge on any atom is -0.343 e. The molecule has 28 heavy (non-hydrogen) atoms. The van der Waals surface area contributed by atoms with Gasteiger partial charge in [0, 0.05) is 44.0 Å². The van der Waals surface area contributed by atoms with Crippen LogP contribution in [-0.2, 0) is 11.8 Å². The van der Waals surface area contributed by atoms with Crippen molar-refractivity contribution in [2.24, 2.45) is 7.05 Å². The number of imidazole rings is 1. The predicted molar refractivity (Wildman–Crippen MR) is 111 cm³/mol. The quantitative estimate of drug-likeness (QED) is 0.673. The maximum Gasteiger partial charge on any atom is 0.234 e. The summed E-state index contributed by atoms with van der Waals surface area (Å²) >= 11 is 1.66. The van der Waals surface area contributed by atoms with Gasteiger partial charge < -0.3 is 15.2 Å². The van der Waals surface area contributed by atoms with Crippen LogP contribution < -0.4 is 10.6 Å². The van der Waals surface area contributed by atoms with E-state index in [2.05, 4.69) is 38.7 Å². The summed E-state index contributed by atoms with van der Waals surface area (Å²) in [5.41, 5.74) is 1.10. The molecule has 4 rings (SSSR count). The lowest BCUT2D eigenvalue weighted by Crippen LogP contribution is -2.50. The molecule has 3 aromatic rings. The molecule has 1 aromatic carbocycles. The molecule has 0 bridgehead atoms. The summed E-state index contributed by atoms with van der Waals surface area (Å²) in [6.07, 6.45) is 3.76. The average molecular weight is 396 g/mol. The molecule has 2 N–H and O–H groups in total. The van der Waals surface area contributed by atoms with Crippen LogP contribution in [0.25, 0.3) is 0 Å². The molecule has 1 fully saturated rings. The van der Waals surface area contributed by atoms with E-state index in [4.69, 9.17) is 0 Å². The van der Waals surface area contributed by atoms with Gasteiger partial charge in [0.05, 0.1) is 18.6 Å². The number of hydrogen-bond acceptors (Lipinski definition) is 5. The second kappa shape index (κ2) is 8.68. The molecule has 0 radical (unpaired) electrons. The molecule has 1 aliphatic rings. The van der Waals surface area contributed by atoms with E-state index in [-0.39, 0.29) is 18.0 Å². The fraction of sp³-hybridized carbons (Fsp3) is 0.333. The van der Waals surface area contributed by atoms with Crippen LogP contribution in [0.2, 0.25) is 0 Å². The summed E-state index contributed by atoms with van der Waals surface area (Å²) < 4.78 is 2.03. The van der Waals surface area contributed by atoms with Crippen molar-refractivity contribution in [1.29, 1.82) is 0 Å². The van der Waals surface area contributed by atoms with E-state index in [0.29, 0.717) is 6.54 Å². The van der Waals surface area contributed by atoms with Crippen LogP contribution in [0.1, 0.15) is 28.3 Å². The number of thiophene rings is 1. The predicted octanol–water partition coefficient (Wildman–Crippen LogP) is 2.33. The highest BCUT2D eigenvalue weighted by Gasteiger charge is 2.29. The fourth-order valence-electron chi connectivity index (χ4n) is 3.70. The van der Waals surface area contributed by atoms with Gasteiger partial charge in [-0.1, -0.05) is 36.4 Å². The molecular formula is C21H25N5OS. The van der Waals surface area contributed by atoms with Gasteiger partial charge in [-0.2, -0.15) is 0 Å². The lowest BCUT2D eigenvalue weighted by atomic mass is 10.1. The van der Waals surface area contributed by atoms with Crippen LogP contribution in [0.3, 0.4) is 0 Å². The largest absolute Gasteiger partial charge is 0.343 e. The lowest BCUT2D eigenvalue weighted by molar-refractivity contribution is -0.123. The van der Waals surface area contributed by atoms with Crippen molar-refractivity contribution in [2.45, 2.75) is 12.1 Å². The second-order valence-electron chi connectivity index (χ2n) is 7.01. The number of hydrogen-bond donors (Lipinski definition) is 2. The van der Waals surface area contributed by atoms with E-state index >= 15 is 0 Å². The maximum atomic E-state index is 13.0. The van der Waals surface area contributed by atoms with Crippen molar-refractivity contribution in [2.75, 3.05) is 26.2 Å². The van der Waals surface area contributed by atoms with Crippen LogP contribution in [0, 0.1) is 0 Å². The third kappa shape index (κ3) is 4.16. The Morgan fingerprint density at radius 1 is 1.32 bits per heavy atom. The number of carbonyl (C=O) groups excluding carboxylic acids is 1. The Morgan fingerprint density at radius 2 is 2.18 bits per heavy atom. The lowest BCUT2D eigenvalue weighted by Gasteiger charge is -2.35. The highest BCUT2D eigenvalue weighted by atomic mass is 32.1. The van der Waals surface area contributed by atoms with Crippen molar-refractivity contribution >= 4 is 17.2 Å². The first kappa shape index (κ1) is 18.9. The van der Waals surface area contributed by atoms with Gasteiger partial charge >= 0.3 is 0 Å². The standard InChI is InChI=1S/C21H25N5OS/c1-25-11-10-23-21(25)17-14-22-9-12-26(17)15-19(27)24-20(18-8-5-13-28-18)16-6-3-2-4-7-16/h2-8,10-11,13,17,20,22H,9,12,14-15H2,1H3,(H,24,27). The molecule has 6 nitrogen and oxygen atoms in total. The van der Waals surface area contributed by atoms with Crippen molar-refractivity contribution in [3.05, 3.63) is 76.5 Å². The van der Waals surface area contributed by atoms with Crippen molar-refractivity contribution < 1.29 is 4.79 Å². The number of aryl methyl sites for hydroxylation is 1. The fourth-order valence-corrected chi connectivity index (χ4v) is 4.50. The topological polar surface area (TPSA) is 62.2 Å². The highest BCUT2D eigenvalue weighted by molar-refractivity contribution is 7.10. The van der Waals surface area contributed by atoms with Crippen LogP contribution in [0.15, 0.2) is 60.2 Å². The molecule has 0 spiro atoms. The van der Waals surface area contributed by atoms with Crippen LogP contribution in [0.5, 0.6) is 0 Å². The van der Waals surface area contributed by atoms with Gasteiger partial charge in [0.2, 0.25) is 5.91 Å². The molecule has 2 atom stereocenters. The van der Waals surface area contributed by atoms with Gasteiger partial charge in [-0.15, -0.1) is 11.3 Å². The van der Waals surface area contributed by atoms with E-state index < -0.39 is 0 Å². The van der Waals surface area contributed by atoms with E-state index in [1.165, 1.54) is 0 Å². The summed E-state index contributed by atoms with van der Waals surface area (Å²) in [7, 11) is 2.00. The van der Waals surface area contributed by atoms with Crippen molar-refractivity contribution in [3.8, 4) is 0 Å². The molecule has 2 unspecified atom stereocenters. The SMILES string of the molecule is Cn1ccnc1C1CNCCN1CC(=O)NC(c1ccccc1)c1cccs1. The molecular weight excluding hydrogens is 370 g/mol. The zero-order valence-corrected chi connectivity index (χ0v) is 16.7. The summed E-state index contributed by atoms with van der Waals surface area (Å²) in [4.78, 5) is 20.8. The Morgan fingerprint density at radius 3 is 2.89 bits per heavy atom. The first-order valence-electron chi connectivity index (χ1n) is 9.52. The van der Waals surface area contributed by atoms with E-state index in [0.717, 1.165) is 35.9 Å². The summed E-state index contributed by atoms with van der Waals surface area (Å²) in [6.45, 7) is 2.85. The number of rotatable bonds is 6. The van der Waals surface area contributed by atoms with Gasteiger partial charge in [-0.05, 0) is 17.0 Å². The minimum atomic E-state index is -0.122. The maximum absolute atomic E-state index is 13.0. The first-order valence-corrected chi connectivity index (χ1v) is 10.4. The normalized spacial score (nSPS) is 18.7. The molecule has 0 aliphatic carbocycles. The Labute approximate surface area is 169 Å². The number of amides is 1. The summed E-state index contributed by atoms with van der Waals surface area (Å²) in [5, 5.41) is 8.71. The molecule has 2 aromatic heterocycles. The van der Waals surface area contributed by atoms with Gasteiger partial charge in [-0.3, -0.25) is 9.69 Å². The van der Waals surface area contributed by atoms with Crippen LogP contribution >= 0.6 is 11.3 Å². The van der Waals surface area contributed by atoms with E-state index in [1.807, 2.05) is 53.7 Å². The molecule has 146 valence electrons. The molecule has 1 amide bonds. The zero-order chi connectivity index (χ0) is 19.3. The summed E-state index contributed by atoms with van der Waals surface area (Å²) in [5.74, 6) is 1.02. The first-order chi connectivity index (χ1) is 13.7. The molecule has 3 heterocycles.